The van der Waals surface area contributed by atoms with Crippen LogP contribution in [0.25, 0.3) is 10.9 Å². The number of imide groups is 1. The maximum absolute atomic E-state index is 14.5. The molecular weight excluding hydrogens is 570 g/mol. The second kappa shape index (κ2) is 14.1. The summed E-state index contributed by atoms with van der Waals surface area (Å²) in [5.74, 6) is -0.502. The molecule has 0 unspecified atom stereocenters. The van der Waals surface area contributed by atoms with Gasteiger partial charge < -0.3 is 26.0 Å². The molecule has 0 aliphatic carbocycles. The lowest BCUT2D eigenvalue weighted by Crippen LogP contribution is -2.60. The lowest BCUT2D eigenvalue weighted by atomic mass is 9.85. The summed E-state index contributed by atoms with van der Waals surface area (Å²) in [4.78, 5) is 51.7. The van der Waals surface area contributed by atoms with E-state index < -0.39 is 35.4 Å². The number of anilines is 3. The van der Waals surface area contributed by atoms with Crippen molar-refractivity contribution in [3.63, 3.8) is 0 Å². The molecule has 1 aliphatic heterocycles. The Morgan fingerprint density at radius 2 is 1.86 bits per heavy atom. The van der Waals surface area contributed by atoms with E-state index in [9.17, 15) is 14.4 Å². The molecule has 1 saturated heterocycles. The molecule has 3 atom stereocenters. The van der Waals surface area contributed by atoms with Crippen LogP contribution in [-0.4, -0.2) is 66.5 Å². The highest BCUT2D eigenvalue weighted by molar-refractivity contribution is 6.20. The number of para-hydroxylation sites is 1. The fraction of sp³-hybridized carbons (Fsp3) is 0.452. The van der Waals surface area contributed by atoms with Crippen LogP contribution < -0.4 is 30.9 Å². The number of nitrogens with zero attached hydrogens (tertiary/aromatic N) is 3. The van der Waals surface area contributed by atoms with E-state index in [0.29, 0.717) is 35.4 Å². The van der Waals surface area contributed by atoms with Gasteiger partial charge in [0.05, 0.1) is 30.4 Å². The number of likely N-dealkylation sites (N-methyl/N-ethyl adjacent to an activating group) is 1. The zero-order chi connectivity index (χ0) is 30.6. The molecule has 4 rings (SSSR count). The normalized spacial score (nSPS) is 16.1. The van der Waals surface area contributed by atoms with Crippen molar-refractivity contribution in [1.82, 2.24) is 25.9 Å². The van der Waals surface area contributed by atoms with Gasteiger partial charge in [-0.1, -0.05) is 39.0 Å². The lowest BCUT2D eigenvalue weighted by Gasteiger charge is -2.36. The molecule has 1 aromatic heterocycles. The number of halogens is 1. The summed E-state index contributed by atoms with van der Waals surface area (Å²) in [6, 6.07) is 9.11. The first-order chi connectivity index (χ1) is 20.0. The van der Waals surface area contributed by atoms with Crippen molar-refractivity contribution < 1.29 is 19.1 Å². The largest absolute Gasteiger partial charge is 0.494 e. The molecule has 1 aliphatic rings. The summed E-state index contributed by atoms with van der Waals surface area (Å²) < 4.78 is 5.73. The number of hydrogen-bond acceptors (Lipinski definition) is 9. The van der Waals surface area contributed by atoms with Crippen molar-refractivity contribution in [2.45, 2.75) is 65.6 Å². The van der Waals surface area contributed by atoms with Gasteiger partial charge in [0, 0.05) is 17.1 Å². The van der Waals surface area contributed by atoms with Crippen molar-refractivity contribution in [3.05, 3.63) is 48.3 Å². The van der Waals surface area contributed by atoms with E-state index >= 15 is 0 Å². The van der Waals surface area contributed by atoms with E-state index in [-0.39, 0.29) is 24.0 Å². The summed E-state index contributed by atoms with van der Waals surface area (Å²) in [6.45, 7) is 9.93. The monoisotopic (exact) mass is 611 g/mol. The molecule has 2 aromatic carbocycles. The van der Waals surface area contributed by atoms with Gasteiger partial charge >= 0.3 is 0 Å². The van der Waals surface area contributed by atoms with Crippen molar-refractivity contribution in [2.75, 3.05) is 30.9 Å². The molecule has 0 saturated carbocycles. The number of aromatic nitrogens is 2. The molecule has 0 radical (unpaired) electrons. The second-order valence-corrected chi connectivity index (χ2v) is 11.7. The van der Waals surface area contributed by atoms with Crippen LogP contribution in [0.5, 0.6) is 5.75 Å². The Bertz CT molecular complexity index is 1470. The highest BCUT2D eigenvalue weighted by Gasteiger charge is 2.42. The van der Waals surface area contributed by atoms with E-state index in [1.54, 1.807) is 26.1 Å². The van der Waals surface area contributed by atoms with E-state index in [0.717, 1.165) is 22.6 Å². The number of aryl methyl sites for hydroxylation is 1. The highest BCUT2D eigenvalue weighted by atomic mass is 35.5. The molecule has 4 N–H and O–H groups in total. The summed E-state index contributed by atoms with van der Waals surface area (Å²) in [7, 11) is 3.15. The second-order valence-electron chi connectivity index (χ2n) is 11.7. The van der Waals surface area contributed by atoms with E-state index in [1.165, 1.54) is 13.4 Å². The van der Waals surface area contributed by atoms with Crippen LogP contribution in [0, 0.1) is 12.3 Å². The number of fused-ring (bicyclic) bond motifs is 1. The summed E-state index contributed by atoms with van der Waals surface area (Å²) in [6.07, 6.45) is 2.85. The fourth-order valence-corrected chi connectivity index (χ4v) is 4.92. The van der Waals surface area contributed by atoms with Gasteiger partial charge in [0.25, 0.3) is 11.8 Å². The summed E-state index contributed by atoms with van der Waals surface area (Å²) >= 11 is 0. The third-order valence-electron chi connectivity index (χ3n) is 7.60. The molecule has 0 bridgehead atoms. The zero-order valence-corrected chi connectivity index (χ0v) is 26.6. The van der Waals surface area contributed by atoms with Crippen LogP contribution in [-0.2, 0) is 14.4 Å². The smallest absolute Gasteiger partial charge is 0.257 e. The van der Waals surface area contributed by atoms with Crippen LogP contribution >= 0.6 is 12.4 Å². The van der Waals surface area contributed by atoms with Gasteiger partial charge in [0.15, 0.2) is 0 Å². The predicted molar refractivity (Wildman–Crippen MR) is 171 cm³/mol. The maximum Gasteiger partial charge on any atom is 0.257 e. The molecule has 0 spiro atoms. The van der Waals surface area contributed by atoms with Crippen LogP contribution in [0.4, 0.5) is 17.2 Å². The average molecular weight is 612 g/mol. The Morgan fingerprint density at radius 1 is 1.14 bits per heavy atom. The van der Waals surface area contributed by atoms with Crippen molar-refractivity contribution in [3.8, 4) is 5.75 Å². The number of ether oxygens (including phenoxy) is 1. The standard InChI is InChI=1S/C31H41N7O4.ClH/c1-18-11-8-9-12-21(18)36-27-20-15-24(25(42-7)16-23(20)34-17-35-27)38(29(40)22-13-10-14-33-22)30(41)26(31(3,4)5)37-28(39)19(2)32-6;/h8-9,11-12,15-17,19,22,26,32-33H,10,13-14H2,1-7H3,(H,37,39)(H,34,35,36);1H/t19-,22-,26+;/m0./s1. The molecule has 3 aromatic rings. The van der Waals surface area contributed by atoms with Crippen LogP contribution in [0.15, 0.2) is 42.7 Å². The van der Waals surface area contributed by atoms with E-state index in [2.05, 4.69) is 31.2 Å². The first kappa shape index (κ1) is 33.7. The van der Waals surface area contributed by atoms with Gasteiger partial charge in [-0.25, -0.2) is 14.9 Å². The van der Waals surface area contributed by atoms with Gasteiger partial charge in [-0.2, -0.15) is 0 Å². The third-order valence-corrected chi connectivity index (χ3v) is 7.60. The van der Waals surface area contributed by atoms with Crippen molar-refractivity contribution >= 4 is 58.2 Å². The summed E-state index contributed by atoms with van der Waals surface area (Å²) in [5, 5.41) is 13.0. The molecule has 12 heteroatoms. The molecule has 3 amide bonds. The van der Waals surface area contributed by atoms with Crippen LogP contribution in [0.1, 0.15) is 46.1 Å². The van der Waals surface area contributed by atoms with Crippen LogP contribution in [0.2, 0.25) is 0 Å². The van der Waals surface area contributed by atoms with Gasteiger partial charge in [0.1, 0.15) is 23.9 Å². The quantitative estimate of drug-likeness (QED) is 0.284. The average Bonchev–Trinajstić information content (AvgIpc) is 3.51. The Kier molecular flexibility index (Phi) is 11.1. The van der Waals surface area contributed by atoms with Crippen LogP contribution in [0.3, 0.4) is 0 Å². The number of carbonyl (C=O) groups excluding carboxylic acids is 3. The third kappa shape index (κ3) is 7.41. The van der Waals surface area contributed by atoms with Crippen molar-refractivity contribution in [2.24, 2.45) is 5.41 Å². The number of amides is 3. The minimum Gasteiger partial charge on any atom is -0.494 e. The summed E-state index contributed by atoms with van der Waals surface area (Å²) in [5.41, 5.74) is 2.00. The number of nitrogens with one attached hydrogen (secondary N) is 4. The van der Waals surface area contributed by atoms with E-state index in [4.69, 9.17) is 4.74 Å². The highest BCUT2D eigenvalue weighted by Crippen LogP contribution is 2.38. The number of rotatable bonds is 9. The lowest BCUT2D eigenvalue weighted by molar-refractivity contribution is -0.134. The topological polar surface area (TPSA) is 138 Å². The van der Waals surface area contributed by atoms with Crippen molar-refractivity contribution in [1.29, 1.82) is 0 Å². The number of hydrogen-bond donors (Lipinski definition) is 4. The Morgan fingerprint density at radius 3 is 2.47 bits per heavy atom. The number of benzene rings is 2. The number of carbonyl (C=O) groups is 3. The van der Waals surface area contributed by atoms with Gasteiger partial charge in [-0.15, -0.1) is 12.4 Å². The van der Waals surface area contributed by atoms with Gasteiger partial charge in [-0.05, 0) is 63.4 Å². The molecule has 43 heavy (non-hydrogen) atoms. The first-order valence-electron chi connectivity index (χ1n) is 14.2. The fourth-order valence-electron chi connectivity index (χ4n) is 4.92. The Hall–Kier alpha value is -3.80. The molecule has 2 heterocycles. The van der Waals surface area contributed by atoms with Gasteiger partial charge in [0.2, 0.25) is 5.91 Å². The molecule has 232 valence electrons. The molecule has 1 fully saturated rings. The first-order valence-corrected chi connectivity index (χ1v) is 14.2. The molecule has 11 nitrogen and oxygen atoms in total. The predicted octanol–water partition coefficient (Wildman–Crippen LogP) is 3.86. The molecular formula is C31H42ClN7O4. The zero-order valence-electron chi connectivity index (χ0n) is 25.8. The Balaban J connectivity index is 0.00000506. The SMILES string of the molecule is CN[C@@H](C)C(=O)N[C@H](C(=O)N(C(=O)[C@@H]1CCCN1)c1cc2c(Nc3ccccc3C)ncnc2cc1OC)C(C)(C)C.Cl. The minimum atomic E-state index is -1.01. The number of methoxy groups -OCH3 is 1. The van der Waals surface area contributed by atoms with Gasteiger partial charge in [-0.3, -0.25) is 14.4 Å². The maximum atomic E-state index is 14.5. The minimum absolute atomic E-state index is 0. The van der Waals surface area contributed by atoms with E-state index in [1.807, 2.05) is 52.0 Å². The Labute approximate surface area is 259 Å².